The van der Waals surface area contributed by atoms with Crippen molar-refractivity contribution in [3.05, 3.63) is 66.2 Å². The number of carbonyl (C=O) groups excluding carboxylic acids is 1. The highest BCUT2D eigenvalue weighted by Gasteiger charge is 2.27. The molecule has 0 radical (unpaired) electrons. The molecule has 3 nitrogen and oxygen atoms in total. The van der Waals surface area contributed by atoms with E-state index in [0.717, 1.165) is 31.7 Å². The van der Waals surface area contributed by atoms with Gasteiger partial charge in [0.2, 0.25) is 0 Å². The molecule has 0 aromatic heterocycles. The third-order valence-electron chi connectivity index (χ3n) is 4.30. The average molecular weight is 294 g/mol. The Labute approximate surface area is 132 Å². The van der Waals surface area contributed by atoms with E-state index in [2.05, 4.69) is 46.2 Å². The van der Waals surface area contributed by atoms with E-state index >= 15 is 0 Å². The minimum Gasteiger partial charge on any atom is -0.369 e. The molecular weight excluding hydrogens is 272 g/mol. The summed E-state index contributed by atoms with van der Waals surface area (Å²) in [5.74, 6) is 0.222. The Morgan fingerprint density at radius 2 is 1.41 bits per heavy atom. The van der Waals surface area contributed by atoms with Gasteiger partial charge in [0.05, 0.1) is 6.04 Å². The number of benzene rings is 2. The predicted molar refractivity (Wildman–Crippen MR) is 90.1 cm³/mol. The fourth-order valence-corrected chi connectivity index (χ4v) is 3.22. The highest BCUT2D eigenvalue weighted by atomic mass is 16.1. The summed E-state index contributed by atoms with van der Waals surface area (Å²) < 4.78 is 0. The lowest BCUT2D eigenvalue weighted by atomic mass is 10.0. The molecule has 0 N–H and O–H groups in total. The first-order chi connectivity index (χ1) is 10.8. The number of carbonyl (C=O) groups is 1. The minimum absolute atomic E-state index is 0.112. The van der Waals surface area contributed by atoms with E-state index in [-0.39, 0.29) is 11.8 Å². The van der Waals surface area contributed by atoms with Gasteiger partial charge in [-0.05, 0) is 24.6 Å². The first-order valence-corrected chi connectivity index (χ1v) is 7.85. The van der Waals surface area contributed by atoms with E-state index in [4.69, 9.17) is 0 Å². The molecule has 1 heterocycles. The number of ketones is 1. The molecule has 0 saturated carbocycles. The Hall–Kier alpha value is -2.13. The zero-order valence-corrected chi connectivity index (χ0v) is 13.0. The van der Waals surface area contributed by atoms with Crippen molar-refractivity contribution in [2.45, 2.75) is 13.0 Å². The smallest absolute Gasteiger partial charge is 0.151 e. The van der Waals surface area contributed by atoms with Gasteiger partial charge >= 0.3 is 0 Å². The van der Waals surface area contributed by atoms with Gasteiger partial charge in [0.1, 0.15) is 0 Å². The monoisotopic (exact) mass is 294 g/mol. The average Bonchev–Trinajstić information content (AvgIpc) is 2.57. The van der Waals surface area contributed by atoms with Crippen LogP contribution in [0.25, 0.3) is 0 Å². The molecule has 3 rings (SSSR count). The molecule has 3 heteroatoms. The highest BCUT2D eigenvalue weighted by molar-refractivity contribution is 5.83. The van der Waals surface area contributed by atoms with Crippen molar-refractivity contribution in [3.63, 3.8) is 0 Å². The maximum Gasteiger partial charge on any atom is 0.151 e. The highest BCUT2D eigenvalue weighted by Crippen LogP contribution is 2.24. The van der Waals surface area contributed by atoms with E-state index in [1.54, 1.807) is 6.92 Å². The van der Waals surface area contributed by atoms with Gasteiger partial charge in [-0.25, -0.2) is 0 Å². The zero-order chi connectivity index (χ0) is 15.4. The van der Waals surface area contributed by atoms with Gasteiger partial charge < -0.3 is 4.90 Å². The molecule has 0 unspecified atom stereocenters. The summed E-state index contributed by atoms with van der Waals surface area (Å²) in [5, 5.41) is 0. The Morgan fingerprint density at radius 1 is 0.864 bits per heavy atom. The topological polar surface area (TPSA) is 23.6 Å². The van der Waals surface area contributed by atoms with Gasteiger partial charge in [0, 0.05) is 31.9 Å². The molecule has 2 aromatic rings. The van der Waals surface area contributed by atoms with Crippen molar-refractivity contribution in [3.8, 4) is 0 Å². The normalized spacial score (nSPS) is 17.2. The van der Waals surface area contributed by atoms with Crippen LogP contribution >= 0.6 is 0 Å². The zero-order valence-electron chi connectivity index (χ0n) is 13.0. The Bertz CT molecular complexity index is 604. The van der Waals surface area contributed by atoms with Crippen LogP contribution in [-0.4, -0.2) is 36.9 Å². The van der Waals surface area contributed by atoms with Crippen LogP contribution < -0.4 is 4.90 Å². The summed E-state index contributed by atoms with van der Waals surface area (Å²) in [6.07, 6.45) is 0. The van der Waals surface area contributed by atoms with Crippen molar-refractivity contribution < 1.29 is 4.79 Å². The standard InChI is InChI=1S/C19H22N2O/c1-16(22)19(17-8-4-2-5-9-17)21-14-12-20(13-15-21)18-10-6-3-7-11-18/h2-11,19H,12-15H2,1H3/t19-/m0/s1. The van der Waals surface area contributed by atoms with Gasteiger partial charge in [-0.3, -0.25) is 9.69 Å². The number of hydrogen-bond acceptors (Lipinski definition) is 3. The quantitative estimate of drug-likeness (QED) is 0.865. The molecule has 0 aliphatic carbocycles. The molecule has 1 aliphatic rings. The van der Waals surface area contributed by atoms with E-state index < -0.39 is 0 Å². The molecule has 1 atom stereocenters. The minimum atomic E-state index is -0.112. The van der Waals surface area contributed by atoms with Crippen molar-refractivity contribution in [1.29, 1.82) is 0 Å². The van der Waals surface area contributed by atoms with Crippen LogP contribution in [0.3, 0.4) is 0 Å². The van der Waals surface area contributed by atoms with E-state index in [9.17, 15) is 4.79 Å². The predicted octanol–water partition coefficient (Wildman–Crippen LogP) is 3.14. The maximum absolute atomic E-state index is 12.1. The van der Waals surface area contributed by atoms with Gasteiger partial charge in [0.25, 0.3) is 0 Å². The number of nitrogens with zero attached hydrogens (tertiary/aromatic N) is 2. The molecule has 22 heavy (non-hydrogen) atoms. The van der Waals surface area contributed by atoms with E-state index in [1.165, 1.54) is 5.69 Å². The second kappa shape index (κ2) is 6.75. The van der Waals surface area contributed by atoms with Gasteiger partial charge in [0.15, 0.2) is 5.78 Å². The molecule has 2 aromatic carbocycles. The lowest BCUT2D eigenvalue weighted by Crippen LogP contribution is -2.49. The third kappa shape index (κ3) is 3.20. The summed E-state index contributed by atoms with van der Waals surface area (Å²) in [5.41, 5.74) is 2.37. The van der Waals surface area contributed by atoms with Crippen LogP contribution in [0.15, 0.2) is 60.7 Å². The van der Waals surface area contributed by atoms with Crippen molar-refractivity contribution in [1.82, 2.24) is 4.90 Å². The Kier molecular flexibility index (Phi) is 4.54. The summed E-state index contributed by atoms with van der Waals surface area (Å²) in [7, 11) is 0. The number of para-hydroxylation sites is 1. The van der Waals surface area contributed by atoms with Crippen LogP contribution in [0.5, 0.6) is 0 Å². The molecule has 0 amide bonds. The van der Waals surface area contributed by atoms with Crippen molar-refractivity contribution >= 4 is 11.5 Å². The number of hydrogen-bond donors (Lipinski definition) is 0. The molecule has 114 valence electrons. The molecule has 1 aliphatic heterocycles. The van der Waals surface area contributed by atoms with E-state index in [1.807, 2.05) is 24.3 Å². The first-order valence-electron chi connectivity index (χ1n) is 7.85. The van der Waals surface area contributed by atoms with Crippen LogP contribution in [-0.2, 0) is 4.79 Å². The van der Waals surface area contributed by atoms with E-state index in [0.29, 0.717) is 0 Å². The first kappa shape index (κ1) is 14.8. The summed E-state index contributed by atoms with van der Waals surface area (Å²) in [6, 6.07) is 20.5. The number of rotatable bonds is 4. The molecule has 1 saturated heterocycles. The van der Waals surface area contributed by atoms with Crippen molar-refractivity contribution in [2.24, 2.45) is 0 Å². The van der Waals surface area contributed by atoms with Gasteiger partial charge in [-0.1, -0.05) is 48.5 Å². The number of Topliss-reactive ketones (excluding diaryl/α,β-unsaturated/α-hetero) is 1. The summed E-state index contributed by atoms with van der Waals surface area (Å²) in [4.78, 5) is 16.8. The molecular formula is C19H22N2O. The second-order valence-corrected chi connectivity index (χ2v) is 5.78. The van der Waals surface area contributed by atoms with Gasteiger partial charge in [-0.2, -0.15) is 0 Å². The number of anilines is 1. The van der Waals surface area contributed by atoms with Crippen LogP contribution in [0.2, 0.25) is 0 Å². The third-order valence-corrected chi connectivity index (χ3v) is 4.30. The lowest BCUT2D eigenvalue weighted by molar-refractivity contribution is -0.122. The van der Waals surface area contributed by atoms with Crippen molar-refractivity contribution in [2.75, 3.05) is 31.1 Å². The van der Waals surface area contributed by atoms with Crippen LogP contribution in [0, 0.1) is 0 Å². The molecule has 1 fully saturated rings. The van der Waals surface area contributed by atoms with Crippen LogP contribution in [0.4, 0.5) is 5.69 Å². The Balaban J connectivity index is 1.70. The second-order valence-electron chi connectivity index (χ2n) is 5.78. The fraction of sp³-hybridized carbons (Fsp3) is 0.316. The SMILES string of the molecule is CC(=O)[C@@H](c1ccccc1)N1CCN(c2ccccc2)CC1. The maximum atomic E-state index is 12.1. The molecule has 0 bridgehead atoms. The van der Waals surface area contributed by atoms with Gasteiger partial charge in [-0.15, -0.1) is 0 Å². The number of piperazine rings is 1. The Morgan fingerprint density at radius 3 is 1.95 bits per heavy atom. The van der Waals surface area contributed by atoms with Crippen LogP contribution in [0.1, 0.15) is 18.5 Å². The lowest BCUT2D eigenvalue weighted by Gasteiger charge is -2.39. The largest absolute Gasteiger partial charge is 0.369 e. The summed E-state index contributed by atoms with van der Waals surface area (Å²) in [6.45, 7) is 5.44. The fourth-order valence-electron chi connectivity index (χ4n) is 3.22. The molecule has 0 spiro atoms. The summed E-state index contributed by atoms with van der Waals surface area (Å²) >= 11 is 0.